The van der Waals surface area contributed by atoms with E-state index >= 15 is 0 Å². The van der Waals surface area contributed by atoms with Gasteiger partial charge in [0.25, 0.3) is 5.91 Å². The van der Waals surface area contributed by atoms with E-state index in [2.05, 4.69) is 47.6 Å². The fourth-order valence-corrected chi connectivity index (χ4v) is 4.34. The monoisotopic (exact) mass is 352 g/mol. The first kappa shape index (κ1) is 16.8. The number of urea groups is 1. The van der Waals surface area contributed by atoms with Crippen LogP contribution in [0.3, 0.4) is 0 Å². The molecule has 26 heavy (non-hydrogen) atoms. The van der Waals surface area contributed by atoms with Crippen LogP contribution >= 0.6 is 0 Å². The van der Waals surface area contributed by atoms with Crippen LogP contribution in [0.2, 0.25) is 0 Å². The van der Waals surface area contributed by atoms with Gasteiger partial charge in [-0.05, 0) is 51.2 Å². The number of pyridine rings is 1. The molecule has 2 aromatic rings. The number of para-hydroxylation sites is 1. The molecule has 2 saturated heterocycles. The zero-order chi connectivity index (χ0) is 18.5. The molecule has 0 spiro atoms. The van der Waals surface area contributed by atoms with E-state index in [4.69, 9.17) is 4.98 Å². The van der Waals surface area contributed by atoms with Gasteiger partial charge in [-0.3, -0.25) is 15.1 Å². The van der Waals surface area contributed by atoms with E-state index in [1.165, 1.54) is 16.6 Å². The summed E-state index contributed by atoms with van der Waals surface area (Å²) in [4.78, 5) is 30.9. The molecule has 0 radical (unpaired) electrons. The highest BCUT2D eigenvalue weighted by molar-refractivity contribution is 6.07. The Bertz CT molecular complexity index is 902. The Labute approximate surface area is 153 Å². The van der Waals surface area contributed by atoms with E-state index in [1.807, 2.05) is 13.0 Å². The number of anilines is 1. The topological polar surface area (TPSA) is 74.3 Å². The number of hydrogen-bond donors (Lipinski definition) is 2. The fraction of sp³-hybridized carbons (Fsp3) is 0.450. The van der Waals surface area contributed by atoms with E-state index in [0.29, 0.717) is 0 Å². The molecule has 6 nitrogen and oxygen atoms in total. The number of benzene rings is 1. The number of carbonyl (C=O) groups excluding carboxylic acids is 2. The Morgan fingerprint density at radius 3 is 2.50 bits per heavy atom. The molecule has 0 saturated carbocycles. The number of aromatic nitrogens is 1. The zero-order valence-electron chi connectivity index (χ0n) is 15.4. The molecule has 2 fully saturated rings. The molecule has 0 bridgehead atoms. The van der Waals surface area contributed by atoms with Crippen molar-refractivity contribution in [3.8, 4) is 0 Å². The van der Waals surface area contributed by atoms with Gasteiger partial charge in [0.2, 0.25) is 0 Å². The number of fused-ring (bicyclic) bond motifs is 1. The predicted octanol–water partition coefficient (Wildman–Crippen LogP) is 2.67. The maximum absolute atomic E-state index is 12.2. The third-order valence-electron chi connectivity index (χ3n) is 6.04. The summed E-state index contributed by atoms with van der Waals surface area (Å²) in [7, 11) is 0. The highest BCUT2D eigenvalue weighted by Crippen LogP contribution is 2.36. The highest BCUT2D eigenvalue weighted by Gasteiger charge is 2.48. The van der Waals surface area contributed by atoms with Crippen molar-refractivity contribution in [2.24, 2.45) is 5.92 Å². The van der Waals surface area contributed by atoms with Gasteiger partial charge in [0, 0.05) is 24.2 Å². The Kier molecular flexibility index (Phi) is 3.86. The second-order valence-corrected chi connectivity index (χ2v) is 7.56. The van der Waals surface area contributed by atoms with E-state index in [0.717, 1.165) is 37.1 Å². The predicted molar refractivity (Wildman–Crippen MR) is 101 cm³/mol. The SMILES string of the molecule is Cc1nc2ccccc2c(N2CCC(C3(C)NC(=O)NC3=O)CC2)c1C. The summed E-state index contributed by atoms with van der Waals surface area (Å²) < 4.78 is 0. The summed E-state index contributed by atoms with van der Waals surface area (Å²) in [5.41, 5.74) is 3.73. The van der Waals surface area contributed by atoms with Gasteiger partial charge < -0.3 is 10.2 Å². The number of nitrogens with one attached hydrogen (secondary N) is 2. The van der Waals surface area contributed by atoms with Gasteiger partial charge >= 0.3 is 6.03 Å². The van der Waals surface area contributed by atoms with Crippen LogP contribution in [0.1, 0.15) is 31.0 Å². The number of amides is 3. The lowest BCUT2D eigenvalue weighted by Gasteiger charge is -2.40. The quantitative estimate of drug-likeness (QED) is 0.815. The first-order valence-corrected chi connectivity index (χ1v) is 9.14. The smallest absolute Gasteiger partial charge is 0.322 e. The van der Waals surface area contributed by atoms with Gasteiger partial charge in [-0.2, -0.15) is 0 Å². The lowest BCUT2D eigenvalue weighted by atomic mass is 9.79. The molecule has 6 heteroatoms. The van der Waals surface area contributed by atoms with Gasteiger partial charge in [-0.15, -0.1) is 0 Å². The lowest BCUT2D eigenvalue weighted by Crippen LogP contribution is -2.53. The van der Waals surface area contributed by atoms with Gasteiger partial charge in [-0.25, -0.2) is 4.79 Å². The number of imide groups is 1. The first-order chi connectivity index (χ1) is 12.4. The van der Waals surface area contributed by atoms with Crippen LogP contribution in [0.5, 0.6) is 0 Å². The summed E-state index contributed by atoms with van der Waals surface area (Å²) in [5.74, 6) is -0.0676. The van der Waals surface area contributed by atoms with Gasteiger partial charge in [0.15, 0.2) is 0 Å². The third-order valence-corrected chi connectivity index (χ3v) is 6.04. The van der Waals surface area contributed by atoms with Crippen molar-refractivity contribution in [2.75, 3.05) is 18.0 Å². The number of rotatable bonds is 2. The minimum atomic E-state index is -0.797. The van der Waals surface area contributed by atoms with Crippen LogP contribution in [-0.4, -0.2) is 35.6 Å². The Balaban J connectivity index is 1.61. The summed E-state index contributed by atoms with van der Waals surface area (Å²) in [6, 6.07) is 7.86. The highest BCUT2D eigenvalue weighted by atomic mass is 16.2. The molecule has 0 aliphatic carbocycles. The van der Waals surface area contributed by atoms with Crippen molar-refractivity contribution < 1.29 is 9.59 Å². The van der Waals surface area contributed by atoms with Crippen molar-refractivity contribution in [3.63, 3.8) is 0 Å². The summed E-state index contributed by atoms with van der Waals surface area (Å²) in [6.45, 7) is 7.74. The molecule has 2 aliphatic heterocycles. The normalized spacial score (nSPS) is 24.0. The molecule has 1 aromatic heterocycles. The molecule has 3 amide bonds. The zero-order valence-corrected chi connectivity index (χ0v) is 15.4. The van der Waals surface area contributed by atoms with Crippen LogP contribution in [0.4, 0.5) is 10.5 Å². The molecule has 1 atom stereocenters. The number of piperidine rings is 1. The van der Waals surface area contributed by atoms with E-state index < -0.39 is 5.54 Å². The fourth-order valence-electron chi connectivity index (χ4n) is 4.34. The van der Waals surface area contributed by atoms with E-state index in [1.54, 1.807) is 0 Å². The molecule has 1 aromatic carbocycles. The molecule has 2 N–H and O–H groups in total. The standard InChI is InChI=1S/C20H24N4O2/c1-12-13(2)21-16-7-5-4-6-15(16)17(12)24-10-8-14(9-11-24)20(3)18(25)22-19(26)23-20/h4-7,14H,8-11H2,1-3H3,(H2,22,23,25,26). The molecular formula is C20H24N4O2. The molecular weight excluding hydrogens is 328 g/mol. The Morgan fingerprint density at radius 2 is 1.85 bits per heavy atom. The van der Waals surface area contributed by atoms with Crippen LogP contribution < -0.4 is 15.5 Å². The van der Waals surface area contributed by atoms with Crippen molar-refractivity contribution in [2.45, 2.75) is 39.2 Å². The molecule has 3 heterocycles. The van der Waals surface area contributed by atoms with Crippen LogP contribution in [0.25, 0.3) is 10.9 Å². The number of carbonyl (C=O) groups is 2. The first-order valence-electron chi connectivity index (χ1n) is 9.14. The second kappa shape index (κ2) is 5.97. The Hall–Kier alpha value is -2.63. The van der Waals surface area contributed by atoms with Crippen LogP contribution in [0, 0.1) is 19.8 Å². The minimum absolute atomic E-state index is 0.139. The van der Waals surface area contributed by atoms with Gasteiger partial charge in [0.05, 0.1) is 11.2 Å². The maximum atomic E-state index is 12.2. The maximum Gasteiger partial charge on any atom is 0.322 e. The van der Waals surface area contributed by atoms with Gasteiger partial charge in [-0.1, -0.05) is 18.2 Å². The molecule has 136 valence electrons. The summed E-state index contributed by atoms with van der Waals surface area (Å²) >= 11 is 0. The number of aryl methyl sites for hydroxylation is 1. The summed E-state index contributed by atoms with van der Waals surface area (Å²) in [5, 5.41) is 6.38. The summed E-state index contributed by atoms with van der Waals surface area (Å²) in [6.07, 6.45) is 1.72. The largest absolute Gasteiger partial charge is 0.371 e. The van der Waals surface area contributed by atoms with Crippen molar-refractivity contribution in [1.29, 1.82) is 0 Å². The number of nitrogens with zero attached hydrogens (tertiary/aromatic N) is 2. The van der Waals surface area contributed by atoms with Gasteiger partial charge in [0.1, 0.15) is 5.54 Å². The second-order valence-electron chi connectivity index (χ2n) is 7.56. The average Bonchev–Trinajstić information content (AvgIpc) is 2.89. The number of hydrogen-bond acceptors (Lipinski definition) is 4. The minimum Gasteiger partial charge on any atom is -0.371 e. The van der Waals surface area contributed by atoms with Crippen molar-refractivity contribution >= 4 is 28.5 Å². The van der Waals surface area contributed by atoms with Crippen molar-refractivity contribution in [1.82, 2.24) is 15.6 Å². The lowest BCUT2D eigenvalue weighted by molar-refractivity contribution is -0.125. The van der Waals surface area contributed by atoms with E-state index in [9.17, 15) is 9.59 Å². The molecule has 4 rings (SSSR count). The average molecular weight is 352 g/mol. The molecule has 2 aliphatic rings. The Morgan fingerprint density at radius 1 is 1.15 bits per heavy atom. The van der Waals surface area contributed by atoms with Crippen LogP contribution in [-0.2, 0) is 4.79 Å². The third kappa shape index (κ3) is 2.52. The van der Waals surface area contributed by atoms with Crippen molar-refractivity contribution in [3.05, 3.63) is 35.5 Å². The molecule has 1 unspecified atom stereocenters. The van der Waals surface area contributed by atoms with Crippen LogP contribution in [0.15, 0.2) is 24.3 Å². The van der Waals surface area contributed by atoms with E-state index in [-0.39, 0.29) is 17.9 Å².